The van der Waals surface area contributed by atoms with Gasteiger partial charge in [-0.25, -0.2) is 9.37 Å². The van der Waals surface area contributed by atoms with Crippen LogP contribution >= 0.6 is 0 Å². The van der Waals surface area contributed by atoms with Crippen molar-refractivity contribution < 1.29 is 22.5 Å². The molecule has 40 heavy (non-hydrogen) atoms. The summed E-state index contributed by atoms with van der Waals surface area (Å²) in [6, 6.07) is 8.58. The Kier molecular flexibility index (Phi) is 6.49. The number of likely N-dealkylation sites (tertiary alicyclic amines) is 1. The van der Waals surface area contributed by atoms with Crippen LogP contribution in [0.15, 0.2) is 57.7 Å². The summed E-state index contributed by atoms with van der Waals surface area (Å²) in [6.07, 6.45) is 3.26. The molecule has 0 atom stereocenters. The van der Waals surface area contributed by atoms with Crippen LogP contribution in [0.25, 0.3) is 11.2 Å². The third-order valence-corrected chi connectivity index (χ3v) is 8.54. The second kappa shape index (κ2) is 9.66. The summed E-state index contributed by atoms with van der Waals surface area (Å²) < 4.78 is 52.6. The van der Waals surface area contributed by atoms with Crippen molar-refractivity contribution in [3.63, 3.8) is 0 Å². The van der Waals surface area contributed by atoms with E-state index in [1.54, 1.807) is 18.6 Å². The predicted octanol–water partition coefficient (Wildman–Crippen LogP) is 5.01. The highest BCUT2D eigenvalue weighted by molar-refractivity contribution is 5.58. The normalized spacial score (nSPS) is 21.1. The lowest BCUT2D eigenvalue weighted by Crippen LogP contribution is -2.48. The van der Waals surface area contributed by atoms with E-state index in [9.17, 15) is 18.0 Å². The maximum atomic E-state index is 14.2. The minimum Gasteiger partial charge on any atom is -0.379 e. The van der Waals surface area contributed by atoms with E-state index in [0.29, 0.717) is 37.4 Å². The van der Waals surface area contributed by atoms with Gasteiger partial charge in [0.2, 0.25) is 0 Å². The molecule has 2 fully saturated rings. The molecule has 3 aliphatic heterocycles. The van der Waals surface area contributed by atoms with E-state index in [1.807, 2.05) is 29.8 Å². The lowest BCUT2D eigenvalue weighted by Gasteiger charge is -2.42. The van der Waals surface area contributed by atoms with Crippen molar-refractivity contribution in [2.75, 3.05) is 33.4 Å². The van der Waals surface area contributed by atoms with Crippen molar-refractivity contribution in [3.8, 4) is 5.69 Å². The van der Waals surface area contributed by atoms with Gasteiger partial charge in [-0.1, -0.05) is 26.0 Å². The molecule has 0 amide bonds. The summed E-state index contributed by atoms with van der Waals surface area (Å²) in [5.74, 6) is 0. The van der Waals surface area contributed by atoms with Crippen molar-refractivity contribution in [2.45, 2.75) is 51.2 Å². The molecule has 1 aromatic carbocycles. The van der Waals surface area contributed by atoms with Gasteiger partial charge >= 0.3 is 24.4 Å². The number of nitrogens with zero attached hydrogens (tertiary/aromatic N) is 6. The molecular weight excluding hydrogens is 521 g/mol. The topological polar surface area (TPSA) is 66.6 Å². The number of halogens is 3. The van der Waals surface area contributed by atoms with E-state index >= 15 is 0 Å². The van der Waals surface area contributed by atoms with Crippen LogP contribution in [0, 0.1) is 11.6 Å². The average Bonchev–Trinajstić information content (AvgIpc) is 3.44. The van der Waals surface area contributed by atoms with E-state index in [4.69, 9.17) is 4.74 Å². The van der Waals surface area contributed by atoms with Crippen molar-refractivity contribution in [1.29, 1.82) is 0 Å². The first-order valence-electron chi connectivity index (χ1n) is 13.5. The first kappa shape index (κ1) is 26.9. The van der Waals surface area contributed by atoms with Gasteiger partial charge in [0.1, 0.15) is 0 Å². The standard InChI is InChI=1S/C29H33F3N6O2/c1-27(2)7-9-36(10-8-27)14-20-11-23(29(30,31)32)24-16-37(26(39)38(24)15-20)22-6-4-5-21(12-22)28(17-40-18-28)13-25-34-33-19-35(25)3/h4-6,11-12,15-16,19H,7-10,13-14,17-18H2,1-3H3/q+1. The van der Waals surface area contributed by atoms with Gasteiger partial charge in [0.25, 0.3) is 0 Å². The number of piperidine rings is 1. The monoisotopic (exact) mass is 554 g/mol. The fraction of sp³-hybridized carbons (Fsp3) is 0.483. The van der Waals surface area contributed by atoms with E-state index in [2.05, 4.69) is 29.0 Å². The number of aromatic nitrogens is 2. The third-order valence-electron chi connectivity index (χ3n) is 8.54. The Balaban J connectivity index is 1.36. The van der Waals surface area contributed by atoms with Crippen molar-refractivity contribution in [1.82, 2.24) is 13.9 Å². The summed E-state index contributed by atoms with van der Waals surface area (Å²) >= 11 is 0. The molecule has 11 heteroatoms. The molecule has 0 saturated carbocycles. The molecule has 8 nitrogen and oxygen atoms in total. The highest BCUT2D eigenvalue weighted by Crippen LogP contribution is 2.41. The van der Waals surface area contributed by atoms with Gasteiger partial charge in [0, 0.05) is 30.8 Å². The Morgan fingerprint density at radius 1 is 1.10 bits per heavy atom. The number of rotatable bonds is 6. The summed E-state index contributed by atoms with van der Waals surface area (Å²) in [7, 11) is 1.88. The summed E-state index contributed by atoms with van der Waals surface area (Å²) in [6.45, 7) is 7.38. The van der Waals surface area contributed by atoms with Crippen LogP contribution in [-0.2, 0) is 22.9 Å². The Bertz CT molecular complexity index is 1550. The van der Waals surface area contributed by atoms with Gasteiger partial charge in [-0.2, -0.15) is 13.2 Å². The van der Waals surface area contributed by atoms with E-state index in [0.717, 1.165) is 42.1 Å². The number of hydrogen-bond donors (Lipinski definition) is 0. The minimum absolute atomic E-state index is 0.160. The second-order valence-corrected chi connectivity index (χ2v) is 12.1. The molecule has 0 bridgehead atoms. The van der Waals surface area contributed by atoms with Crippen LogP contribution in [0.2, 0.25) is 0 Å². The SMILES string of the molecule is C[N+]1=CN=N[C]1CC1(c2cccc(-n3cc4c(C(F)(F)F)cc(CN5CCC(C)(C)CC5)cn4c3=O)c2)COC1. The van der Waals surface area contributed by atoms with E-state index < -0.39 is 17.4 Å². The predicted molar refractivity (Wildman–Crippen MR) is 144 cm³/mol. The number of fused-ring (bicyclic) bond motifs is 1. The first-order chi connectivity index (χ1) is 18.9. The number of alkyl halides is 3. The molecule has 3 aromatic rings. The molecule has 3 aliphatic rings. The molecule has 0 aliphatic carbocycles. The molecule has 0 unspecified atom stereocenters. The largest absolute Gasteiger partial charge is 0.418 e. The molecule has 5 heterocycles. The van der Waals surface area contributed by atoms with Crippen molar-refractivity contribution in [3.05, 3.63) is 76.1 Å². The fourth-order valence-corrected chi connectivity index (χ4v) is 5.79. The van der Waals surface area contributed by atoms with Gasteiger partial charge in [-0.3, -0.25) is 13.9 Å². The van der Waals surface area contributed by atoms with Gasteiger partial charge in [-0.05, 0) is 65.8 Å². The number of azo groups is 1. The Hall–Kier alpha value is -3.31. The van der Waals surface area contributed by atoms with Gasteiger partial charge < -0.3 is 4.74 Å². The zero-order valence-electron chi connectivity index (χ0n) is 22.9. The molecule has 0 N–H and O–H groups in total. The molecule has 1 radical (unpaired) electrons. The zero-order chi connectivity index (χ0) is 28.3. The Morgan fingerprint density at radius 3 is 2.48 bits per heavy atom. The van der Waals surface area contributed by atoms with Crippen LogP contribution in [0.4, 0.5) is 13.2 Å². The smallest absolute Gasteiger partial charge is 0.379 e. The number of pyridine rings is 1. The van der Waals surface area contributed by atoms with E-state index in [1.165, 1.54) is 16.8 Å². The van der Waals surface area contributed by atoms with Crippen LogP contribution in [0.3, 0.4) is 0 Å². The summed E-state index contributed by atoms with van der Waals surface area (Å²) in [5.41, 5.74) is 0.294. The number of hydrogen-bond acceptors (Lipinski definition) is 5. The van der Waals surface area contributed by atoms with Gasteiger partial charge in [0.15, 0.2) is 0 Å². The van der Waals surface area contributed by atoms with Gasteiger partial charge in [0.05, 0.1) is 42.1 Å². The van der Waals surface area contributed by atoms with Crippen LogP contribution in [0.5, 0.6) is 0 Å². The first-order valence-corrected chi connectivity index (χ1v) is 13.5. The molecule has 2 aromatic heterocycles. The number of imidazole rings is 1. The molecule has 2 saturated heterocycles. The number of ether oxygens (including phenoxy) is 1. The van der Waals surface area contributed by atoms with Crippen molar-refractivity contribution >= 4 is 11.9 Å². The average molecular weight is 555 g/mol. The summed E-state index contributed by atoms with van der Waals surface area (Å²) in [5, 5.41) is 8.18. The highest BCUT2D eigenvalue weighted by atomic mass is 19.4. The van der Waals surface area contributed by atoms with Gasteiger partial charge in [-0.15, -0.1) is 0 Å². The number of benzene rings is 1. The molecule has 6 rings (SSSR count). The quantitative estimate of drug-likeness (QED) is 0.402. The lowest BCUT2D eigenvalue weighted by atomic mass is 9.75. The van der Waals surface area contributed by atoms with Crippen LogP contribution < -0.4 is 5.69 Å². The maximum absolute atomic E-state index is 14.2. The molecule has 0 spiro atoms. The Morgan fingerprint density at radius 2 is 1.85 bits per heavy atom. The minimum atomic E-state index is -4.60. The van der Waals surface area contributed by atoms with E-state index in [-0.39, 0.29) is 16.3 Å². The fourth-order valence-electron chi connectivity index (χ4n) is 5.79. The van der Waals surface area contributed by atoms with Crippen molar-refractivity contribution in [2.24, 2.45) is 15.6 Å². The highest BCUT2D eigenvalue weighted by Gasteiger charge is 2.46. The molecular formula is C29H33F3N6O2+. The Labute approximate surface area is 230 Å². The molecule has 211 valence electrons. The van der Waals surface area contributed by atoms with Crippen LogP contribution in [0.1, 0.15) is 49.8 Å². The lowest BCUT2D eigenvalue weighted by molar-refractivity contribution is -0.478. The maximum Gasteiger partial charge on any atom is 0.418 e. The zero-order valence-corrected chi connectivity index (χ0v) is 22.9. The summed E-state index contributed by atoms with van der Waals surface area (Å²) in [4.78, 5) is 15.7. The second-order valence-electron chi connectivity index (χ2n) is 12.1. The third kappa shape index (κ3) is 4.89. The van der Waals surface area contributed by atoms with Crippen LogP contribution in [-0.4, -0.2) is 58.1 Å².